The smallest absolute Gasteiger partial charge is 0.420 e. The van der Waals surface area contributed by atoms with Crippen LogP contribution in [-0.4, -0.2) is 37.0 Å². The molecule has 5 aromatic rings. The largest absolute Gasteiger partial charge is 0.435 e. The number of fused-ring (bicyclic) bond motifs is 1. The molecule has 1 fully saturated rings. The minimum Gasteiger partial charge on any atom is -0.435 e. The van der Waals surface area contributed by atoms with Gasteiger partial charge < -0.3 is 19.4 Å². The third-order valence-electron chi connectivity index (χ3n) is 7.69. The fourth-order valence-electron chi connectivity index (χ4n) is 5.16. The van der Waals surface area contributed by atoms with E-state index in [1.54, 1.807) is 48.9 Å². The van der Waals surface area contributed by atoms with E-state index in [0.29, 0.717) is 53.0 Å². The molecule has 0 amide bonds. The molecule has 0 radical (unpaired) electrons. The van der Waals surface area contributed by atoms with E-state index in [0.717, 1.165) is 12.5 Å². The first-order valence-electron chi connectivity index (χ1n) is 13.2. The molecule has 0 spiro atoms. The van der Waals surface area contributed by atoms with Crippen molar-refractivity contribution in [3.8, 4) is 34.0 Å². The lowest BCUT2D eigenvalue weighted by Crippen LogP contribution is -2.46. The van der Waals surface area contributed by atoms with Gasteiger partial charge >= 0.3 is 6.18 Å². The van der Waals surface area contributed by atoms with Crippen molar-refractivity contribution in [2.45, 2.75) is 44.0 Å². The number of rotatable bonds is 7. The first kappa shape index (κ1) is 27.1. The molecule has 1 atom stereocenters. The number of benzene rings is 3. The van der Waals surface area contributed by atoms with Crippen LogP contribution in [0.15, 0.2) is 65.3 Å². The highest BCUT2D eigenvalue weighted by atomic mass is 19.4. The number of oxazole rings is 1. The van der Waals surface area contributed by atoms with Crippen molar-refractivity contribution in [1.82, 2.24) is 25.1 Å². The van der Waals surface area contributed by atoms with Gasteiger partial charge in [-0.2, -0.15) is 13.2 Å². The molecule has 3 aromatic carbocycles. The van der Waals surface area contributed by atoms with Gasteiger partial charge in [-0.15, -0.1) is 10.2 Å². The predicted octanol–water partition coefficient (Wildman–Crippen LogP) is 6.68. The van der Waals surface area contributed by atoms with Crippen molar-refractivity contribution < 1.29 is 27.1 Å². The van der Waals surface area contributed by atoms with Gasteiger partial charge in [-0.1, -0.05) is 18.2 Å². The molecule has 2 aromatic heterocycles. The lowest BCUT2D eigenvalue weighted by Gasteiger charge is -2.37. The summed E-state index contributed by atoms with van der Waals surface area (Å²) < 4.78 is 64.1. The third kappa shape index (κ3) is 5.22. The Labute approximate surface area is 232 Å². The number of aromatic nitrogens is 4. The van der Waals surface area contributed by atoms with Gasteiger partial charge in [0.15, 0.2) is 11.4 Å². The third-order valence-corrected chi connectivity index (χ3v) is 7.69. The average Bonchev–Trinajstić information content (AvgIpc) is 3.55. The van der Waals surface area contributed by atoms with Crippen molar-refractivity contribution in [3.63, 3.8) is 0 Å². The highest BCUT2D eigenvalue weighted by Gasteiger charge is 2.37. The molecular formula is C30H27F4N5O2. The van der Waals surface area contributed by atoms with E-state index in [1.165, 1.54) is 18.5 Å². The molecule has 1 aliphatic carbocycles. The summed E-state index contributed by atoms with van der Waals surface area (Å²) in [5.41, 5.74) is 0.685. The zero-order valence-corrected chi connectivity index (χ0v) is 22.3. The topological polar surface area (TPSA) is 89.0 Å². The van der Waals surface area contributed by atoms with E-state index < -0.39 is 29.2 Å². The summed E-state index contributed by atoms with van der Waals surface area (Å²) in [5.74, 6) is 0.0420. The first-order valence-corrected chi connectivity index (χ1v) is 13.2. The Morgan fingerprint density at radius 2 is 1.85 bits per heavy atom. The van der Waals surface area contributed by atoms with Crippen LogP contribution in [-0.2, 0) is 13.2 Å². The summed E-state index contributed by atoms with van der Waals surface area (Å²) in [4.78, 5) is 4.44. The Hall–Kier alpha value is -4.09. The number of aryl methyl sites for hydroxylation is 1. The van der Waals surface area contributed by atoms with Crippen LogP contribution >= 0.6 is 0 Å². The maximum absolute atomic E-state index is 14.2. The molecule has 0 aliphatic heterocycles. The molecule has 1 aliphatic rings. The van der Waals surface area contributed by atoms with Crippen LogP contribution in [0.5, 0.6) is 0 Å². The van der Waals surface area contributed by atoms with Crippen LogP contribution in [0.2, 0.25) is 0 Å². The number of hydrogen-bond donors (Lipinski definition) is 2. The van der Waals surface area contributed by atoms with Gasteiger partial charge in [0.05, 0.1) is 5.60 Å². The summed E-state index contributed by atoms with van der Waals surface area (Å²) in [6, 6.07) is 13.5. The van der Waals surface area contributed by atoms with Crippen LogP contribution in [0.4, 0.5) is 17.6 Å². The highest BCUT2D eigenvalue weighted by molar-refractivity contribution is 5.84. The Kier molecular flexibility index (Phi) is 6.66. The second kappa shape index (κ2) is 10.1. The van der Waals surface area contributed by atoms with E-state index in [2.05, 4.69) is 20.5 Å². The molecular weight excluding hydrogens is 538 g/mol. The number of nitrogens with zero attached hydrogens (tertiary/aromatic N) is 4. The van der Waals surface area contributed by atoms with Crippen LogP contribution in [0.3, 0.4) is 0 Å². The SMILES string of the molecule is CC(NCC1(O)CCC1)c1cc(C(F)(F)F)c2oc(-c3cccc(-c4ccc(F)cc4-c4nncn4C)c3)nc2c1. The van der Waals surface area contributed by atoms with E-state index in [4.69, 9.17) is 4.42 Å². The zero-order valence-electron chi connectivity index (χ0n) is 22.3. The van der Waals surface area contributed by atoms with Crippen LogP contribution in [0, 0.1) is 5.82 Å². The van der Waals surface area contributed by atoms with Gasteiger partial charge in [-0.05, 0) is 79.3 Å². The lowest BCUT2D eigenvalue weighted by atomic mass is 9.80. The van der Waals surface area contributed by atoms with Crippen molar-refractivity contribution in [1.29, 1.82) is 0 Å². The van der Waals surface area contributed by atoms with Crippen LogP contribution in [0.1, 0.15) is 43.4 Å². The molecule has 2 N–H and O–H groups in total. The minimum atomic E-state index is -4.67. The number of alkyl halides is 3. The Morgan fingerprint density at radius 3 is 2.54 bits per heavy atom. The molecule has 6 rings (SSSR count). The number of nitrogens with one attached hydrogen (secondary N) is 1. The molecule has 0 bridgehead atoms. The maximum Gasteiger partial charge on any atom is 0.420 e. The van der Waals surface area contributed by atoms with Crippen LogP contribution < -0.4 is 5.32 Å². The fourth-order valence-corrected chi connectivity index (χ4v) is 5.16. The zero-order chi connectivity index (χ0) is 28.9. The lowest BCUT2D eigenvalue weighted by molar-refractivity contribution is -0.136. The fraction of sp³-hybridized carbons (Fsp3) is 0.300. The van der Waals surface area contributed by atoms with Crippen LogP contribution in [0.25, 0.3) is 45.1 Å². The monoisotopic (exact) mass is 565 g/mol. The minimum absolute atomic E-state index is 0.0243. The van der Waals surface area contributed by atoms with E-state index >= 15 is 0 Å². The number of hydrogen-bond acceptors (Lipinski definition) is 6. The van der Waals surface area contributed by atoms with E-state index in [-0.39, 0.29) is 17.0 Å². The normalized spacial score (nSPS) is 15.7. The van der Waals surface area contributed by atoms with Crippen molar-refractivity contribution in [2.75, 3.05) is 6.54 Å². The second-order valence-electron chi connectivity index (χ2n) is 10.7. The quantitative estimate of drug-likeness (QED) is 0.214. The van der Waals surface area contributed by atoms with Gasteiger partial charge in [0, 0.05) is 30.8 Å². The summed E-state index contributed by atoms with van der Waals surface area (Å²) in [6.45, 7) is 2.05. The van der Waals surface area contributed by atoms with Crippen molar-refractivity contribution >= 4 is 11.1 Å². The Balaban J connectivity index is 1.39. The predicted molar refractivity (Wildman–Crippen MR) is 145 cm³/mol. The summed E-state index contributed by atoms with van der Waals surface area (Å²) in [5, 5.41) is 21.5. The first-order chi connectivity index (χ1) is 19.5. The average molecular weight is 566 g/mol. The number of aliphatic hydroxyl groups is 1. The summed E-state index contributed by atoms with van der Waals surface area (Å²) in [6.07, 6.45) is -0.885. The van der Waals surface area contributed by atoms with E-state index in [9.17, 15) is 22.7 Å². The standard InChI is InChI=1S/C30H27F4N5O2/c1-17(35-15-29(40)9-4-10-29)20-12-24(30(32,33)34)26-25(13-20)37-28(41-26)19-6-3-5-18(11-19)22-8-7-21(31)14-23(22)27-38-36-16-39(27)2/h3,5-8,11-14,16-17,35,40H,4,9-10,15H2,1-2H3. The molecule has 212 valence electrons. The molecule has 0 saturated heterocycles. The number of halogens is 4. The summed E-state index contributed by atoms with van der Waals surface area (Å²) in [7, 11) is 1.75. The van der Waals surface area contributed by atoms with Gasteiger partial charge in [-0.3, -0.25) is 0 Å². The molecule has 7 nitrogen and oxygen atoms in total. The van der Waals surface area contributed by atoms with Gasteiger partial charge in [-0.25, -0.2) is 9.37 Å². The van der Waals surface area contributed by atoms with E-state index in [1.807, 2.05) is 6.07 Å². The highest BCUT2D eigenvalue weighted by Crippen LogP contribution is 2.40. The molecule has 11 heteroatoms. The summed E-state index contributed by atoms with van der Waals surface area (Å²) >= 11 is 0. The Bertz CT molecular complexity index is 1740. The molecule has 1 unspecified atom stereocenters. The van der Waals surface area contributed by atoms with Crippen molar-refractivity contribution in [3.05, 3.63) is 77.9 Å². The molecule has 41 heavy (non-hydrogen) atoms. The van der Waals surface area contributed by atoms with Gasteiger partial charge in [0.1, 0.15) is 23.2 Å². The molecule has 1 saturated carbocycles. The van der Waals surface area contributed by atoms with Crippen molar-refractivity contribution in [2.24, 2.45) is 7.05 Å². The van der Waals surface area contributed by atoms with Gasteiger partial charge in [0.25, 0.3) is 0 Å². The Morgan fingerprint density at radius 1 is 1.07 bits per heavy atom. The second-order valence-corrected chi connectivity index (χ2v) is 10.7. The molecule has 2 heterocycles. The van der Waals surface area contributed by atoms with Gasteiger partial charge in [0.2, 0.25) is 5.89 Å². The maximum atomic E-state index is 14.2.